The summed E-state index contributed by atoms with van der Waals surface area (Å²) in [5.41, 5.74) is 2.08. The van der Waals surface area contributed by atoms with Crippen molar-refractivity contribution in [1.82, 2.24) is 9.78 Å². The third-order valence-electron chi connectivity index (χ3n) is 11.0. The zero-order valence-corrected chi connectivity index (χ0v) is 22.4. The summed E-state index contributed by atoms with van der Waals surface area (Å²) in [7, 11) is 0. The molecule has 4 saturated carbocycles. The predicted molar refractivity (Wildman–Crippen MR) is 140 cm³/mol. The van der Waals surface area contributed by atoms with Crippen molar-refractivity contribution in [3.8, 4) is 12.3 Å². The van der Waals surface area contributed by atoms with Crippen LogP contribution in [0.25, 0.3) is 0 Å². The van der Waals surface area contributed by atoms with Crippen molar-refractivity contribution in [3.05, 3.63) is 18.0 Å². The Morgan fingerprint density at radius 1 is 1.06 bits per heavy atom. The van der Waals surface area contributed by atoms with Gasteiger partial charge < -0.3 is 0 Å². The van der Waals surface area contributed by atoms with Gasteiger partial charge in [-0.2, -0.15) is 5.10 Å². The predicted octanol–water partition coefficient (Wildman–Crippen LogP) is 8.21. The summed E-state index contributed by atoms with van der Waals surface area (Å²) < 4.78 is 2.10. The third-order valence-corrected chi connectivity index (χ3v) is 11.0. The van der Waals surface area contributed by atoms with E-state index >= 15 is 0 Å². The summed E-state index contributed by atoms with van der Waals surface area (Å²) in [5.74, 6) is 9.15. The second-order valence-electron chi connectivity index (χ2n) is 12.8. The Morgan fingerprint density at radius 2 is 1.79 bits per heavy atom. The molecular weight excluding hydrogens is 400 g/mol. The molecule has 9 unspecified atom stereocenters. The highest BCUT2D eigenvalue weighted by Crippen LogP contribution is 2.66. The SMILES string of the molecule is C#Cc1cnn(CC(C)C2CCCC3C4CCC5(C)CC(C)CCC5C4CCC23C)c1.CC. The first-order chi connectivity index (χ1) is 15.8. The van der Waals surface area contributed by atoms with Crippen LogP contribution in [0.5, 0.6) is 0 Å². The van der Waals surface area contributed by atoms with Gasteiger partial charge in [0, 0.05) is 12.7 Å². The molecule has 2 heteroatoms. The Morgan fingerprint density at radius 3 is 2.52 bits per heavy atom. The second kappa shape index (κ2) is 9.79. The van der Waals surface area contributed by atoms with Gasteiger partial charge in [0.15, 0.2) is 0 Å². The number of hydrogen-bond donors (Lipinski definition) is 0. The molecule has 0 bridgehead atoms. The lowest BCUT2D eigenvalue weighted by Crippen LogP contribution is -2.55. The molecule has 0 amide bonds. The quantitative estimate of drug-likeness (QED) is 0.424. The van der Waals surface area contributed by atoms with Gasteiger partial charge in [0.25, 0.3) is 0 Å². The van der Waals surface area contributed by atoms with Crippen LogP contribution in [0, 0.1) is 64.6 Å². The van der Waals surface area contributed by atoms with Crippen molar-refractivity contribution in [2.75, 3.05) is 0 Å². The largest absolute Gasteiger partial charge is 0.271 e. The van der Waals surface area contributed by atoms with Crippen molar-refractivity contribution in [3.63, 3.8) is 0 Å². The number of hydrogen-bond acceptors (Lipinski definition) is 1. The highest BCUT2D eigenvalue weighted by molar-refractivity contribution is 5.26. The molecule has 0 saturated heterocycles. The van der Waals surface area contributed by atoms with Crippen molar-refractivity contribution in [2.24, 2.45) is 52.3 Å². The van der Waals surface area contributed by atoms with Crippen LogP contribution in [0.15, 0.2) is 12.4 Å². The maximum Gasteiger partial charge on any atom is 0.0646 e. The molecule has 0 radical (unpaired) electrons. The van der Waals surface area contributed by atoms with E-state index in [0.29, 0.717) is 16.7 Å². The van der Waals surface area contributed by atoms with Gasteiger partial charge in [0.1, 0.15) is 0 Å². The highest BCUT2D eigenvalue weighted by Gasteiger charge is 2.58. The van der Waals surface area contributed by atoms with Crippen LogP contribution in [0.4, 0.5) is 0 Å². The van der Waals surface area contributed by atoms with Crippen LogP contribution in [0.2, 0.25) is 0 Å². The number of nitrogens with zero attached hydrogens (tertiary/aromatic N) is 2. The van der Waals surface area contributed by atoms with E-state index in [1.165, 1.54) is 64.2 Å². The minimum absolute atomic E-state index is 0.524. The molecule has 4 aliphatic carbocycles. The average molecular weight is 451 g/mol. The van der Waals surface area contributed by atoms with Crippen molar-refractivity contribution in [2.45, 2.75) is 112 Å². The molecule has 0 aromatic carbocycles. The summed E-state index contributed by atoms with van der Waals surface area (Å²) in [4.78, 5) is 0. The van der Waals surface area contributed by atoms with E-state index in [4.69, 9.17) is 6.42 Å². The Hall–Kier alpha value is -1.23. The molecule has 1 aromatic heterocycles. The molecule has 4 fully saturated rings. The summed E-state index contributed by atoms with van der Waals surface area (Å²) in [6, 6.07) is 0. The molecule has 0 spiro atoms. The lowest BCUT2D eigenvalue weighted by Gasteiger charge is -2.63. The molecule has 0 aliphatic heterocycles. The molecule has 184 valence electrons. The van der Waals surface area contributed by atoms with Crippen LogP contribution in [0.3, 0.4) is 0 Å². The number of fused-ring (bicyclic) bond motifs is 5. The van der Waals surface area contributed by atoms with E-state index in [1.54, 1.807) is 0 Å². The number of terminal acetylenes is 1. The van der Waals surface area contributed by atoms with Crippen LogP contribution in [-0.2, 0) is 6.54 Å². The van der Waals surface area contributed by atoms with Crippen LogP contribution < -0.4 is 0 Å². The van der Waals surface area contributed by atoms with Crippen LogP contribution >= 0.6 is 0 Å². The normalized spacial score (nSPS) is 43.1. The summed E-state index contributed by atoms with van der Waals surface area (Å²) >= 11 is 0. The van der Waals surface area contributed by atoms with Gasteiger partial charge in [0.05, 0.1) is 11.8 Å². The average Bonchev–Trinajstić information content (AvgIpc) is 3.26. The molecular formula is C31H50N2. The fourth-order valence-electron chi connectivity index (χ4n) is 9.74. The van der Waals surface area contributed by atoms with Gasteiger partial charge in [-0.25, -0.2) is 0 Å². The van der Waals surface area contributed by atoms with Gasteiger partial charge >= 0.3 is 0 Å². The Bertz CT molecular complexity index is 832. The van der Waals surface area contributed by atoms with E-state index < -0.39 is 0 Å². The van der Waals surface area contributed by atoms with E-state index in [2.05, 4.69) is 49.6 Å². The summed E-state index contributed by atoms with van der Waals surface area (Å²) in [5, 5.41) is 4.55. The molecule has 5 rings (SSSR count). The Balaban J connectivity index is 0.00000126. The van der Waals surface area contributed by atoms with Gasteiger partial charge in [-0.15, -0.1) is 6.42 Å². The van der Waals surface area contributed by atoms with Gasteiger partial charge in [-0.3, -0.25) is 4.68 Å². The molecule has 0 N–H and O–H groups in total. The number of aromatic nitrogens is 2. The minimum atomic E-state index is 0.524. The number of rotatable bonds is 3. The third kappa shape index (κ3) is 4.44. The minimum Gasteiger partial charge on any atom is -0.271 e. The maximum absolute atomic E-state index is 5.57. The summed E-state index contributed by atoms with van der Waals surface area (Å²) in [6.45, 7) is 15.4. The van der Waals surface area contributed by atoms with E-state index in [9.17, 15) is 0 Å². The molecule has 1 aromatic rings. The van der Waals surface area contributed by atoms with Crippen LogP contribution in [-0.4, -0.2) is 9.78 Å². The first-order valence-electron chi connectivity index (χ1n) is 14.3. The molecule has 4 aliphatic rings. The van der Waals surface area contributed by atoms with Crippen molar-refractivity contribution >= 4 is 0 Å². The van der Waals surface area contributed by atoms with Crippen LogP contribution in [0.1, 0.15) is 111 Å². The Kier molecular flexibility index (Phi) is 7.38. The molecule has 2 nitrogen and oxygen atoms in total. The molecule has 1 heterocycles. The van der Waals surface area contributed by atoms with Gasteiger partial charge in [0.2, 0.25) is 0 Å². The van der Waals surface area contributed by atoms with Gasteiger partial charge in [-0.1, -0.05) is 60.3 Å². The smallest absolute Gasteiger partial charge is 0.0646 e. The van der Waals surface area contributed by atoms with E-state index in [1.807, 2.05) is 20.0 Å². The zero-order valence-electron chi connectivity index (χ0n) is 22.4. The van der Waals surface area contributed by atoms with Gasteiger partial charge in [-0.05, 0) is 104 Å². The summed E-state index contributed by atoms with van der Waals surface area (Å²) in [6.07, 6.45) is 24.3. The monoisotopic (exact) mass is 450 g/mol. The molecule has 9 atom stereocenters. The first-order valence-corrected chi connectivity index (χ1v) is 14.3. The van der Waals surface area contributed by atoms with E-state index in [-0.39, 0.29) is 0 Å². The first kappa shape index (κ1) is 24.9. The maximum atomic E-state index is 5.57. The Labute approximate surface area is 204 Å². The van der Waals surface area contributed by atoms with E-state index in [0.717, 1.165) is 47.6 Å². The zero-order chi connectivity index (χ0) is 23.8. The van der Waals surface area contributed by atoms with Crippen molar-refractivity contribution < 1.29 is 0 Å². The van der Waals surface area contributed by atoms with Crippen molar-refractivity contribution in [1.29, 1.82) is 0 Å². The second-order valence-corrected chi connectivity index (χ2v) is 12.8. The lowest BCUT2D eigenvalue weighted by molar-refractivity contribution is -0.141. The molecule has 33 heavy (non-hydrogen) atoms. The standard InChI is InChI=1S/C29H44N2.C2H6/c1-6-22-17-30-31(19-22)18-21(3)25-8-7-9-27-24-12-14-28(4)16-20(2)10-11-26(28)23(24)13-15-29(25,27)5;1-2/h1,17,19-21,23-27H,7-16,18H2,2-5H3;1-2H3. The lowest BCUT2D eigenvalue weighted by atomic mass is 9.42. The highest BCUT2D eigenvalue weighted by atomic mass is 15.3. The fourth-order valence-corrected chi connectivity index (χ4v) is 9.74. The fraction of sp³-hybridized carbons (Fsp3) is 0.839. The topological polar surface area (TPSA) is 17.8 Å².